The Balaban J connectivity index is 2.20. The maximum atomic E-state index is 5.29. The number of thioether (sulfide) groups is 1. The average Bonchev–Trinajstić information content (AvgIpc) is 2.19. The summed E-state index contributed by atoms with van der Waals surface area (Å²) in [5, 5.41) is 0. The van der Waals surface area contributed by atoms with Gasteiger partial charge in [-0.3, -0.25) is 11.3 Å². The van der Waals surface area contributed by atoms with Crippen LogP contribution >= 0.6 is 11.8 Å². The van der Waals surface area contributed by atoms with Gasteiger partial charge in [0.1, 0.15) is 0 Å². The lowest BCUT2D eigenvalue weighted by molar-refractivity contribution is 0.625. The van der Waals surface area contributed by atoms with Gasteiger partial charge in [0.05, 0.1) is 0 Å². The number of nitrogens with one attached hydrogen (secondary N) is 1. The van der Waals surface area contributed by atoms with Crippen molar-refractivity contribution in [2.45, 2.75) is 18.7 Å². The van der Waals surface area contributed by atoms with Gasteiger partial charge in [-0.05, 0) is 12.5 Å². The number of rotatable bonds is 5. The smallest absolute Gasteiger partial charge is 0.0272 e. The Labute approximate surface area is 83.9 Å². The highest BCUT2D eigenvalue weighted by Crippen LogP contribution is 2.12. The van der Waals surface area contributed by atoms with Crippen molar-refractivity contribution >= 4 is 11.8 Å². The van der Waals surface area contributed by atoms with Crippen LogP contribution in [0.3, 0.4) is 0 Å². The van der Waals surface area contributed by atoms with Crippen LogP contribution in [-0.2, 0) is 5.75 Å². The van der Waals surface area contributed by atoms with Crippen LogP contribution in [0.4, 0.5) is 0 Å². The lowest BCUT2D eigenvalue weighted by Gasteiger charge is -2.08. The third kappa shape index (κ3) is 4.31. The van der Waals surface area contributed by atoms with Crippen LogP contribution in [0.2, 0.25) is 0 Å². The second kappa shape index (κ2) is 6.02. The maximum absolute atomic E-state index is 5.29. The highest BCUT2D eigenvalue weighted by Gasteiger charge is 1.98. The van der Waals surface area contributed by atoms with Crippen LogP contribution < -0.4 is 11.3 Å². The third-order valence-corrected chi connectivity index (χ3v) is 3.04. The summed E-state index contributed by atoms with van der Waals surface area (Å²) in [7, 11) is 0. The largest absolute Gasteiger partial charge is 0.271 e. The fourth-order valence-electron chi connectivity index (χ4n) is 0.976. The molecule has 2 nitrogen and oxygen atoms in total. The molecule has 3 N–H and O–H groups in total. The molecule has 0 saturated carbocycles. The molecular formula is C10H16N2S. The van der Waals surface area contributed by atoms with Gasteiger partial charge in [0.15, 0.2) is 0 Å². The number of hydrogen-bond donors (Lipinski definition) is 2. The van der Waals surface area contributed by atoms with E-state index in [-0.39, 0.29) is 0 Å². The molecule has 1 atom stereocenters. The number of hydrogen-bond acceptors (Lipinski definition) is 3. The summed E-state index contributed by atoms with van der Waals surface area (Å²) in [6.45, 7) is 2.08. The van der Waals surface area contributed by atoms with Gasteiger partial charge in [-0.1, -0.05) is 30.3 Å². The normalized spacial score (nSPS) is 12.8. The highest BCUT2D eigenvalue weighted by molar-refractivity contribution is 7.98. The van der Waals surface area contributed by atoms with Crippen molar-refractivity contribution in [2.24, 2.45) is 5.84 Å². The molecule has 72 valence electrons. The predicted molar refractivity (Wildman–Crippen MR) is 59.4 cm³/mol. The predicted octanol–water partition coefficient (Wildman–Crippen LogP) is 1.77. The minimum Gasteiger partial charge on any atom is -0.271 e. The molecule has 1 aromatic rings. The van der Waals surface area contributed by atoms with E-state index < -0.39 is 0 Å². The Morgan fingerprint density at radius 3 is 2.69 bits per heavy atom. The molecule has 0 aliphatic rings. The van der Waals surface area contributed by atoms with Crippen molar-refractivity contribution in [3.05, 3.63) is 35.9 Å². The van der Waals surface area contributed by atoms with Gasteiger partial charge in [0, 0.05) is 17.5 Å². The van der Waals surface area contributed by atoms with E-state index in [9.17, 15) is 0 Å². The van der Waals surface area contributed by atoms with E-state index in [0.29, 0.717) is 6.04 Å². The molecule has 0 aromatic heterocycles. The Bertz CT molecular complexity index is 226. The zero-order valence-corrected chi connectivity index (χ0v) is 8.68. The van der Waals surface area contributed by atoms with Gasteiger partial charge in [0.2, 0.25) is 0 Å². The fraction of sp³-hybridized carbons (Fsp3) is 0.400. The summed E-state index contributed by atoms with van der Waals surface area (Å²) in [5.41, 5.74) is 4.10. The van der Waals surface area contributed by atoms with Crippen LogP contribution in [0.5, 0.6) is 0 Å². The van der Waals surface area contributed by atoms with Crippen molar-refractivity contribution in [3.8, 4) is 0 Å². The van der Waals surface area contributed by atoms with Gasteiger partial charge >= 0.3 is 0 Å². The second-order valence-electron chi connectivity index (χ2n) is 3.07. The number of hydrazine groups is 1. The number of nitrogens with two attached hydrogens (primary N) is 1. The van der Waals surface area contributed by atoms with Gasteiger partial charge < -0.3 is 0 Å². The fourth-order valence-corrected chi connectivity index (χ4v) is 1.97. The Morgan fingerprint density at radius 2 is 2.08 bits per heavy atom. The Hall–Kier alpha value is -0.510. The van der Waals surface area contributed by atoms with E-state index in [1.807, 2.05) is 17.8 Å². The lowest BCUT2D eigenvalue weighted by Crippen LogP contribution is -2.34. The lowest BCUT2D eigenvalue weighted by atomic mass is 10.2. The van der Waals surface area contributed by atoms with Gasteiger partial charge in [-0.25, -0.2) is 0 Å². The van der Waals surface area contributed by atoms with Crippen LogP contribution in [0.15, 0.2) is 30.3 Å². The molecule has 0 aliphatic heterocycles. The average molecular weight is 196 g/mol. The van der Waals surface area contributed by atoms with E-state index in [2.05, 4.69) is 36.6 Å². The molecular weight excluding hydrogens is 180 g/mol. The molecule has 0 radical (unpaired) electrons. The van der Waals surface area contributed by atoms with E-state index in [0.717, 1.165) is 11.5 Å². The molecule has 13 heavy (non-hydrogen) atoms. The van der Waals surface area contributed by atoms with Gasteiger partial charge in [-0.15, -0.1) is 0 Å². The third-order valence-electron chi connectivity index (χ3n) is 1.76. The van der Waals surface area contributed by atoms with E-state index in [4.69, 9.17) is 5.84 Å². The second-order valence-corrected chi connectivity index (χ2v) is 4.10. The number of benzene rings is 1. The minimum absolute atomic E-state index is 0.383. The van der Waals surface area contributed by atoms with Crippen molar-refractivity contribution in [1.82, 2.24) is 5.43 Å². The molecule has 1 aromatic carbocycles. The summed E-state index contributed by atoms with van der Waals surface area (Å²) < 4.78 is 0. The quantitative estimate of drug-likeness (QED) is 0.557. The van der Waals surface area contributed by atoms with Crippen molar-refractivity contribution < 1.29 is 0 Å². The molecule has 0 aliphatic carbocycles. The Kier molecular flexibility index (Phi) is 4.90. The van der Waals surface area contributed by atoms with Gasteiger partial charge in [0.25, 0.3) is 0 Å². The summed E-state index contributed by atoms with van der Waals surface area (Å²) in [6.07, 6.45) is 0. The molecule has 0 saturated heterocycles. The molecule has 0 unspecified atom stereocenters. The van der Waals surface area contributed by atoms with Crippen molar-refractivity contribution in [2.75, 3.05) is 5.75 Å². The molecule has 0 bridgehead atoms. The zero-order chi connectivity index (χ0) is 9.52. The first kappa shape index (κ1) is 10.6. The van der Waals surface area contributed by atoms with Crippen molar-refractivity contribution in [1.29, 1.82) is 0 Å². The van der Waals surface area contributed by atoms with Crippen LogP contribution in [0.1, 0.15) is 12.5 Å². The molecule has 3 heteroatoms. The van der Waals surface area contributed by atoms with E-state index in [1.54, 1.807) is 0 Å². The van der Waals surface area contributed by atoms with Crippen LogP contribution in [0, 0.1) is 0 Å². The maximum Gasteiger partial charge on any atom is 0.0272 e. The van der Waals surface area contributed by atoms with Crippen molar-refractivity contribution in [3.63, 3.8) is 0 Å². The standard InChI is InChI=1S/C10H16N2S/c1-9(12-11)7-13-8-10-5-3-2-4-6-10/h2-6,9,12H,7-8,11H2,1H3/t9-/m1/s1. The van der Waals surface area contributed by atoms with Crippen LogP contribution in [0.25, 0.3) is 0 Å². The SMILES string of the molecule is C[C@H](CSCc1ccccc1)NN. The first-order valence-electron chi connectivity index (χ1n) is 4.40. The topological polar surface area (TPSA) is 38.0 Å². The highest BCUT2D eigenvalue weighted by atomic mass is 32.2. The summed E-state index contributed by atoms with van der Waals surface area (Å²) in [6, 6.07) is 10.9. The molecule has 0 spiro atoms. The first-order valence-corrected chi connectivity index (χ1v) is 5.56. The summed E-state index contributed by atoms with van der Waals surface area (Å²) >= 11 is 1.90. The molecule has 0 heterocycles. The first-order chi connectivity index (χ1) is 6.33. The Morgan fingerprint density at radius 1 is 1.38 bits per heavy atom. The molecule has 0 fully saturated rings. The van der Waals surface area contributed by atoms with Gasteiger partial charge in [-0.2, -0.15) is 11.8 Å². The molecule has 0 amide bonds. The molecule has 1 rings (SSSR count). The summed E-state index contributed by atoms with van der Waals surface area (Å²) in [5.74, 6) is 7.40. The minimum atomic E-state index is 0.383. The zero-order valence-electron chi connectivity index (χ0n) is 7.86. The van der Waals surface area contributed by atoms with E-state index in [1.165, 1.54) is 5.56 Å². The van der Waals surface area contributed by atoms with Crippen LogP contribution in [-0.4, -0.2) is 11.8 Å². The summed E-state index contributed by atoms with van der Waals surface area (Å²) in [4.78, 5) is 0. The monoisotopic (exact) mass is 196 g/mol. The van der Waals surface area contributed by atoms with E-state index >= 15 is 0 Å².